The second-order valence-electron chi connectivity index (χ2n) is 3.69. The van der Waals surface area contributed by atoms with Gasteiger partial charge in [0.05, 0.1) is 10.5 Å². The van der Waals surface area contributed by atoms with E-state index in [1.807, 2.05) is 0 Å². The van der Waals surface area contributed by atoms with Crippen LogP contribution in [0, 0.1) is 10.1 Å². The van der Waals surface area contributed by atoms with Crippen LogP contribution in [0.3, 0.4) is 0 Å². The first-order valence-corrected chi connectivity index (χ1v) is 6.80. The van der Waals surface area contributed by atoms with E-state index in [4.69, 9.17) is 11.6 Å². The molecule has 18 heavy (non-hydrogen) atoms. The predicted octanol–water partition coefficient (Wildman–Crippen LogP) is 1.83. The number of halogens is 1. The minimum absolute atomic E-state index is 0.00354. The van der Waals surface area contributed by atoms with Crippen molar-refractivity contribution < 1.29 is 9.72 Å². The molecule has 2 heterocycles. The van der Waals surface area contributed by atoms with E-state index in [9.17, 15) is 14.9 Å². The van der Waals surface area contributed by atoms with Crippen molar-refractivity contribution in [3.63, 3.8) is 0 Å². The summed E-state index contributed by atoms with van der Waals surface area (Å²) in [4.78, 5) is 27.6. The smallest absolute Gasteiger partial charge is 0.288 e. The monoisotopic (exact) mass is 287 g/mol. The number of hydrogen-bond acceptors (Lipinski definition) is 5. The maximum absolute atomic E-state index is 12.2. The Bertz CT molecular complexity index is 491. The molecule has 8 heteroatoms. The zero-order valence-corrected chi connectivity index (χ0v) is 10.9. The van der Waals surface area contributed by atoms with Crippen molar-refractivity contribution in [2.24, 2.45) is 0 Å². The van der Waals surface area contributed by atoms with Gasteiger partial charge >= 0.3 is 0 Å². The van der Waals surface area contributed by atoms with Crippen LogP contribution in [0.25, 0.3) is 0 Å². The summed E-state index contributed by atoms with van der Waals surface area (Å²) in [6, 6.07) is 1.18. The summed E-state index contributed by atoms with van der Waals surface area (Å²) in [5.41, 5.74) is -0.132. The number of amides is 1. The van der Waals surface area contributed by atoms with Crippen LogP contribution in [0.5, 0.6) is 0 Å². The van der Waals surface area contributed by atoms with Crippen LogP contribution in [0.1, 0.15) is 10.4 Å². The fourth-order valence-electron chi connectivity index (χ4n) is 1.62. The van der Waals surface area contributed by atoms with Crippen molar-refractivity contribution in [2.75, 3.05) is 24.6 Å². The lowest BCUT2D eigenvalue weighted by Gasteiger charge is -2.26. The number of hydrogen-bond donors (Lipinski definition) is 0. The Morgan fingerprint density at radius 2 is 2.17 bits per heavy atom. The summed E-state index contributed by atoms with van der Waals surface area (Å²) in [6.07, 6.45) is 1.05. The lowest BCUT2D eigenvalue weighted by molar-refractivity contribution is -0.385. The first-order valence-electron chi connectivity index (χ1n) is 5.26. The highest BCUT2D eigenvalue weighted by Gasteiger charge is 2.23. The predicted molar refractivity (Wildman–Crippen MR) is 69.1 cm³/mol. The van der Waals surface area contributed by atoms with Crippen molar-refractivity contribution in [3.05, 3.63) is 33.1 Å². The molecule has 2 rings (SSSR count). The number of carbonyl (C=O) groups is 1. The highest BCUT2D eigenvalue weighted by atomic mass is 35.5. The standard InChI is InChI=1S/C10H10ClN3O3S/c11-9-8(5-7(6-12-9)14(16)17)10(15)13-1-3-18-4-2-13/h5-6H,1-4H2. The molecule has 0 aliphatic carbocycles. The average molecular weight is 288 g/mol. The molecular weight excluding hydrogens is 278 g/mol. The Hall–Kier alpha value is -1.34. The zero-order chi connectivity index (χ0) is 13.1. The van der Waals surface area contributed by atoms with Gasteiger partial charge in [-0.2, -0.15) is 11.8 Å². The van der Waals surface area contributed by atoms with E-state index in [1.54, 1.807) is 16.7 Å². The van der Waals surface area contributed by atoms with Crippen LogP contribution >= 0.6 is 23.4 Å². The Kier molecular flexibility index (Phi) is 4.03. The normalized spacial score (nSPS) is 15.5. The van der Waals surface area contributed by atoms with Crippen molar-refractivity contribution in [1.82, 2.24) is 9.88 Å². The van der Waals surface area contributed by atoms with Crippen molar-refractivity contribution in [3.8, 4) is 0 Å². The molecule has 0 bridgehead atoms. The number of carbonyl (C=O) groups excluding carboxylic acids is 1. The molecule has 96 valence electrons. The Morgan fingerprint density at radius 1 is 1.50 bits per heavy atom. The molecule has 0 spiro atoms. The molecular formula is C10H10ClN3O3S. The number of nitrogens with zero attached hydrogens (tertiary/aromatic N) is 3. The van der Waals surface area contributed by atoms with Gasteiger partial charge in [-0.1, -0.05) is 11.6 Å². The number of pyridine rings is 1. The molecule has 1 aromatic rings. The molecule has 1 aliphatic heterocycles. The fraction of sp³-hybridized carbons (Fsp3) is 0.400. The van der Waals surface area contributed by atoms with Gasteiger partial charge in [0.25, 0.3) is 11.6 Å². The second kappa shape index (κ2) is 5.53. The molecule has 1 fully saturated rings. The molecule has 1 aromatic heterocycles. The molecule has 0 atom stereocenters. The highest BCUT2D eigenvalue weighted by molar-refractivity contribution is 7.99. The molecule has 6 nitrogen and oxygen atoms in total. The van der Waals surface area contributed by atoms with Gasteiger partial charge in [0, 0.05) is 30.7 Å². The maximum Gasteiger partial charge on any atom is 0.288 e. The summed E-state index contributed by atoms with van der Waals surface area (Å²) in [7, 11) is 0. The van der Waals surface area contributed by atoms with E-state index in [-0.39, 0.29) is 22.3 Å². The first kappa shape index (κ1) is 13.1. The maximum atomic E-state index is 12.2. The van der Waals surface area contributed by atoms with Crippen molar-refractivity contribution in [2.45, 2.75) is 0 Å². The largest absolute Gasteiger partial charge is 0.337 e. The SMILES string of the molecule is O=C(c1cc([N+](=O)[O-])cnc1Cl)N1CCSCC1. The third-order valence-corrected chi connectivity index (χ3v) is 3.81. The van der Waals surface area contributed by atoms with Gasteiger partial charge < -0.3 is 4.90 Å². The third-order valence-electron chi connectivity index (χ3n) is 2.56. The second-order valence-corrected chi connectivity index (χ2v) is 5.28. The molecule has 0 N–H and O–H groups in total. The topological polar surface area (TPSA) is 76.3 Å². The van der Waals surface area contributed by atoms with Crippen LogP contribution in [-0.2, 0) is 0 Å². The average Bonchev–Trinajstić information content (AvgIpc) is 2.39. The van der Waals surface area contributed by atoms with Gasteiger partial charge in [-0.15, -0.1) is 0 Å². The van der Waals surface area contributed by atoms with Crippen LogP contribution in [0.2, 0.25) is 5.15 Å². The van der Waals surface area contributed by atoms with E-state index >= 15 is 0 Å². The van der Waals surface area contributed by atoms with E-state index in [1.165, 1.54) is 6.07 Å². The van der Waals surface area contributed by atoms with E-state index in [2.05, 4.69) is 4.98 Å². The van der Waals surface area contributed by atoms with Crippen molar-refractivity contribution in [1.29, 1.82) is 0 Å². The summed E-state index contributed by atoms with van der Waals surface area (Å²) in [5.74, 6) is 1.44. The number of nitro groups is 1. The third kappa shape index (κ3) is 2.73. The van der Waals surface area contributed by atoms with E-state index in [0.717, 1.165) is 17.7 Å². The zero-order valence-electron chi connectivity index (χ0n) is 9.34. The van der Waals surface area contributed by atoms with Gasteiger partial charge in [0.15, 0.2) is 0 Å². The summed E-state index contributed by atoms with van der Waals surface area (Å²) >= 11 is 7.60. The highest BCUT2D eigenvalue weighted by Crippen LogP contribution is 2.22. The van der Waals surface area contributed by atoms with Gasteiger partial charge in [-0.25, -0.2) is 4.98 Å². The molecule has 0 aromatic carbocycles. The van der Waals surface area contributed by atoms with Gasteiger partial charge in [0.1, 0.15) is 11.3 Å². The molecule has 0 unspecified atom stereocenters. The van der Waals surface area contributed by atoms with Gasteiger partial charge in [0.2, 0.25) is 0 Å². The number of aromatic nitrogens is 1. The van der Waals surface area contributed by atoms with Crippen LogP contribution in [-0.4, -0.2) is 45.3 Å². The molecule has 1 aliphatic rings. The van der Waals surface area contributed by atoms with Gasteiger partial charge in [-0.05, 0) is 0 Å². The minimum Gasteiger partial charge on any atom is -0.337 e. The van der Waals surface area contributed by atoms with Crippen molar-refractivity contribution >= 4 is 35.0 Å². The Balaban J connectivity index is 2.28. The molecule has 1 amide bonds. The van der Waals surface area contributed by atoms with Crippen LogP contribution < -0.4 is 0 Å². The van der Waals surface area contributed by atoms with Gasteiger partial charge in [-0.3, -0.25) is 14.9 Å². The fourth-order valence-corrected chi connectivity index (χ4v) is 2.71. The molecule has 1 saturated heterocycles. The number of rotatable bonds is 2. The number of thioether (sulfide) groups is 1. The molecule has 0 radical (unpaired) electrons. The van der Waals surface area contributed by atoms with E-state index in [0.29, 0.717) is 13.1 Å². The summed E-state index contributed by atoms with van der Waals surface area (Å²) in [5, 5.41) is 10.7. The Morgan fingerprint density at radius 3 is 2.78 bits per heavy atom. The van der Waals surface area contributed by atoms with Crippen LogP contribution in [0.4, 0.5) is 5.69 Å². The van der Waals surface area contributed by atoms with Crippen LogP contribution in [0.15, 0.2) is 12.3 Å². The quantitative estimate of drug-likeness (QED) is 0.471. The summed E-state index contributed by atoms with van der Waals surface area (Å²) < 4.78 is 0. The lowest BCUT2D eigenvalue weighted by atomic mass is 10.2. The minimum atomic E-state index is -0.591. The summed E-state index contributed by atoms with van der Waals surface area (Å²) in [6.45, 7) is 1.26. The molecule has 0 saturated carbocycles. The lowest BCUT2D eigenvalue weighted by Crippen LogP contribution is -2.38. The Labute approximate surface area is 112 Å². The first-order chi connectivity index (χ1) is 8.59. The van der Waals surface area contributed by atoms with E-state index < -0.39 is 4.92 Å².